The van der Waals surface area contributed by atoms with Crippen LogP contribution in [0.5, 0.6) is 0 Å². The third kappa shape index (κ3) is 10.6. The van der Waals surface area contributed by atoms with Crippen molar-refractivity contribution in [3.05, 3.63) is 315 Å². The summed E-state index contributed by atoms with van der Waals surface area (Å²) >= 11 is 3.32. The number of hydrogen-bond acceptors (Lipinski definition) is 8. The SMILES string of the molecule is c1ccc(N(c2ccccc2)c2cc(-c3ccc(-c4ccc(-c5ccc(-c6cc(N(c7ccccc7)c7ccccc7)cc(N(c7ccccc7)c7ccccc7)c6)s5)c5n[se]nc45)s3)cc(N(c3ccccc3)c3ccccc3)c2)cc1. The molecule has 9 heteroatoms. The number of benzene rings is 11. The zero-order valence-corrected chi connectivity index (χ0v) is 48.3. The zero-order valence-electron chi connectivity index (χ0n) is 44.9. The van der Waals surface area contributed by atoms with Crippen LogP contribution in [0.2, 0.25) is 0 Å². The molecule has 0 saturated heterocycles. The molecule has 0 bridgehead atoms. The van der Waals surface area contributed by atoms with Gasteiger partial charge in [-0.3, -0.25) is 0 Å². The molecule has 6 nitrogen and oxygen atoms in total. The zero-order chi connectivity index (χ0) is 55.3. The van der Waals surface area contributed by atoms with Crippen LogP contribution in [0.15, 0.2) is 315 Å². The topological polar surface area (TPSA) is 38.7 Å². The van der Waals surface area contributed by atoms with Crippen molar-refractivity contribution in [2.24, 2.45) is 0 Å². The molecular formula is C74H52N6S2Se. The number of hydrogen-bond donors (Lipinski definition) is 0. The quantitative estimate of drug-likeness (QED) is 0.0898. The van der Waals surface area contributed by atoms with Crippen LogP contribution in [-0.2, 0) is 0 Å². The van der Waals surface area contributed by atoms with E-state index in [9.17, 15) is 0 Å². The Morgan fingerprint density at radius 2 is 0.434 bits per heavy atom. The molecule has 0 fully saturated rings. The monoisotopic (exact) mass is 1170 g/mol. The average Bonchev–Trinajstić information content (AvgIpc) is 4.51. The number of rotatable bonds is 16. The predicted octanol–water partition coefficient (Wildman–Crippen LogP) is 21.4. The van der Waals surface area contributed by atoms with Gasteiger partial charge in [0.2, 0.25) is 0 Å². The van der Waals surface area contributed by atoms with E-state index in [2.05, 4.69) is 335 Å². The van der Waals surface area contributed by atoms with Gasteiger partial charge in [-0.05, 0) is 0 Å². The van der Waals surface area contributed by atoms with Gasteiger partial charge in [-0.15, -0.1) is 0 Å². The van der Waals surface area contributed by atoms with Crippen LogP contribution in [0.4, 0.5) is 68.2 Å². The minimum atomic E-state index is -0.271. The van der Waals surface area contributed by atoms with E-state index < -0.39 is 0 Å². The number of aromatic nitrogens is 2. The molecule has 0 aliphatic carbocycles. The van der Waals surface area contributed by atoms with Crippen LogP contribution in [-0.4, -0.2) is 22.9 Å². The third-order valence-electron chi connectivity index (χ3n) is 14.7. The predicted molar refractivity (Wildman–Crippen MR) is 353 cm³/mol. The van der Waals surface area contributed by atoms with E-state index in [1.165, 1.54) is 0 Å². The van der Waals surface area contributed by atoms with Gasteiger partial charge in [0.25, 0.3) is 0 Å². The molecule has 14 rings (SSSR count). The summed E-state index contributed by atoms with van der Waals surface area (Å²) in [6.07, 6.45) is 0. The molecule has 0 saturated carbocycles. The Kier molecular flexibility index (Phi) is 14.4. The van der Waals surface area contributed by atoms with Crippen LogP contribution in [0.3, 0.4) is 0 Å². The van der Waals surface area contributed by atoms with Crippen molar-refractivity contribution in [1.29, 1.82) is 0 Å². The Balaban J connectivity index is 0.863. The van der Waals surface area contributed by atoms with Crippen LogP contribution >= 0.6 is 22.7 Å². The van der Waals surface area contributed by atoms with Crippen molar-refractivity contribution in [3.63, 3.8) is 0 Å². The molecule has 0 aliphatic rings. The van der Waals surface area contributed by atoms with E-state index in [1.54, 1.807) is 22.7 Å². The second-order valence-electron chi connectivity index (χ2n) is 20.0. The normalized spacial score (nSPS) is 11.1. The van der Waals surface area contributed by atoms with Crippen molar-refractivity contribution in [3.8, 4) is 41.8 Å². The van der Waals surface area contributed by atoms with Crippen LogP contribution < -0.4 is 19.6 Å². The molecule has 0 spiro atoms. The Labute approximate surface area is 498 Å². The van der Waals surface area contributed by atoms with Crippen LogP contribution in [0.25, 0.3) is 52.8 Å². The van der Waals surface area contributed by atoms with E-state index in [-0.39, 0.29) is 15.0 Å². The number of nitrogens with zero attached hydrogens (tertiary/aromatic N) is 6. The Bertz CT molecular complexity index is 3800. The first-order valence-electron chi connectivity index (χ1n) is 27.5. The number of para-hydroxylation sites is 8. The van der Waals surface area contributed by atoms with Gasteiger partial charge in [0.15, 0.2) is 0 Å². The summed E-state index contributed by atoms with van der Waals surface area (Å²) in [5.41, 5.74) is 19.2. The van der Waals surface area contributed by atoms with E-state index >= 15 is 0 Å². The minimum Gasteiger partial charge on any atom is -0.0602 e. The molecule has 396 valence electrons. The summed E-state index contributed by atoms with van der Waals surface area (Å²) in [4.78, 5) is 14.0. The third-order valence-corrected chi connectivity index (χ3v) is 18.1. The molecule has 14 aromatic rings. The molecule has 3 heterocycles. The second-order valence-corrected chi connectivity index (χ2v) is 23.2. The fourth-order valence-corrected chi connectivity index (χ4v) is 14.2. The first kappa shape index (κ1) is 51.3. The summed E-state index contributed by atoms with van der Waals surface area (Å²) < 4.78 is 10.4. The summed E-state index contributed by atoms with van der Waals surface area (Å²) in [5, 5.41) is 0. The minimum absolute atomic E-state index is 0.271. The van der Waals surface area contributed by atoms with Gasteiger partial charge >= 0.3 is 356 Å². The second kappa shape index (κ2) is 23.3. The fraction of sp³-hybridized carbons (Fsp3) is 0. The molecule has 11 aromatic carbocycles. The average molecular weight is 1170 g/mol. The van der Waals surface area contributed by atoms with Crippen molar-refractivity contribution in [1.82, 2.24) is 7.96 Å². The first-order chi connectivity index (χ1) is 41.2. The number of anilines is 12. The van der Waals surface area contributed by atoms with Gasteiger partial charge in [0.1, 0.15) is 0 Å². The Morgan fingerprint density at radius 1 is 0.217 bits per heavy atom. The van der Waals surface area contributed by atoms with Gasteiger partial charge in [-0.2, -0.15) is 0 Å². The van der Waals surface area contributed by atoms with Gasteiger partial charge in [-0.1, -0.05) is 146 Å². The standard InChI is InChI=1S/C74H52N6S2Se/c1-9-25-55(26-10-1)77(56-27-11-2-12-28-56)63-47-53(48-64(51-63)78(57-29-13-3-14-30-57)58-31-15-4-16-32-58)69-43-45-71(81-69)67-41-42-68(74-73(67)75-83-76-74)72-46-44-70(82-72)54-49-65(79(59-33-17-5-18-34-59)60-35-19-6-20-36-60)52-66(50-54)80(61-37-21-7-22-38-61)62-39-23-8-24-40-62/h1-52H. The van der Waals surface area contributed by atoms with Crippen molar-refractivity contribution < 1.29 is 0 Å². The van der Waals surface area contributed by atoms with Crippen molar-refractivity contribution in [2.75, 3.05) is 19.6 Å². The maximum atomic E-state index is 5.18. The number of thiophene rings is 2. The molecule has 0 radical (unpaired) electrons. The molecular weight excluding hydrogens is 1120 g/mol. The molecule has 3 aromatic heterocycles. The summed E-state index contributed by atoms with van der Waals surface area (Å²) in [6.45, 7) is 0. The van der Waals surface area contributed by atoms with E-state index in [0.29, 0.717) is 0 Å². The molecule has 0 amide bonds. The first-order valence-corrected chi connectivity index (χ1v) is 30.7. The smallest absolute Gasteiger partial charge is 0.0602 e. The summed E-state index contributed by atoms with van der Waals surface area (Å²) in [6, 6.07) is 113. The fourth-order valence-electron chi connectivity index (χ4n) is 10.9. The van der Waals surface area contributed by atoms with E-state index in [4.69, 9.17) is 7.96 Å². The van der Waals surface area contributed by atoms with Gasteiger partial charge in [0, 0.05) is 0 Å². The molecule has 83 heavy (non-hydrogen) atoms. The maximum absolute atomic E-state index is 5.18. The summed E-state index contributed by atoms with van der Waals surface area (Å²) in [5.74, 6) is 0. The molecule has 0 unspecified atom stereocenters. The van der Waals surface area contributed by atoms with E-state index in [0.717, 1.165) is 121 Å². The summed E-state index contributed by atoms with van der Waals surface area (Å²) in [7, 11) is 0. The van der Waals surface area contributed by atoms with E-state index in [1.807, 2.05) is 0 Å². The molecule has 0 aliphatic heterocycles. The molecule has 0 atom stereocenters. The van der Waals surface area contributed by atoms with Crippen LogP contribution in [0, 0.1) is 0 Å². The van der Waals surface area contributed by atoms with Crippen molar-refractivity contribution in [2.45, 2.75) is 0 Å². The van der Waals surface area contributed by atoms with Gasteiger partial charge < -0.3 is 0 Å². The number of fused-ring (bicyclic) bond motifs is 1. The van der Waals surface area contributed by atoms with Crippen LogP contribution in [0.1, 0.15) is 0 Å². The van der Waals surface area contributed by atoms with Gasteiger partial charge in [-0.25, -0.2) is 0 Å². The van der Waals surface area contributed by atoms with Gasteiger partial charge in [0.05, 0.1) is 0 Å². The Hall–Kier alpha value is -9.86. The molecule has 0 N–H and O–H groups in total. The van der Waals surface area contributed by atoms with Crippen molar-refractivity contribution >= 4 is 117 Å². The Morgan fingerprint density at radius 3 is 0.663 bits per heavy atom.